The molecule has 1 aromatic carbocycles. The van der Waals surface area contributed by atoms with Crippen LogP contribution in [-0.2, 0) is 0 Å². The van der Waals surface area contributed by atoms with E-state index in [2.05, 4.69) is 20.1 Å². The van der Waals surface area contributed by atoms with Gasteiger partial charge in [-0.1, -0.05) is 17.7 Å². The van der Waals surface area contributed by atoms with Crippen LogP contribution in [0.3, 0.4) is 0 Å². The van der Waals surface area contributed by atoms with Crippen molar-refractivity contribution in [2.75, 3.05) is 7.11 Å². The van der Waals surface area contributed by atoms with Crippen LogP contribution in [0.4, 0.5) is 0 Å². The van der Waals surface area contributed by atoms with E-state index in [9.17, 15) is 0 Å². The van der Waals surface area contributed by atoms with Gasteiger partial charge in [-0.2, -0.15) is 0 Å². The molecule has 1 nitrogen and oxygen atoms in total. The molecule has 0 N–H and O–H groups in total. The summed E-state index contributed by atoms with van der Waals surface area (Å²) in [5, 5.41) is 0. The molecule has 1 aromatic rings. The van der Waals surface area contributed by atoms with Gasteiger partial charge in [-0.3, -0.25) is 0 Å². The molecule has 0 unspecified atom stereocenters. The molecular weight excluding hydrogens is 136 g/mol. The van der Waals surface area contributed by atoms with Gasteiger partial charge in [0.1, 0.15) is 5.75 Å². The zero-order valence-corrected chi connectivity index (χ0v) is 7.13. The lowest BCUT2D eigenvalue weighted by molar-refractivity contribution is 0.414. The Kier molecular flexibility index (Phi) is 4.91. The van der Waals surface area contributed by atoms with Crippen molar-refractivity contribution in [3.63, 3.8) is 0 Å². The summed E-state index contributed by atoms with van der Waals surface area (Å²) in [6, 6.07) is 7.96. The first-order valence-electron chi connectivity index (χ1n) is 3.43. The highest BCUT2D eigenvalue weighted by Gasteiger charge is 1.85. The number of aryl methyl sites for hydroxylation is 1. The average molecular weight is 150 g/mol. The second-order valence-electron chi connectivity index (χ2n) is 2.02. The van der Waals surface area contributed by atoms with Crippen LogP contribution in [0.1, 0.15) is 5.56 Å². The van der Waals surface area contributed by atoms with E-state index >= 15 is 0 Å². The number of ether oxygens (including phenoxy) is 1. The molecule has 0 bridgehead atoms. The maximum Gasteiger partial charge on any atom is 0.118 e. The predicted molar refractivity (Wildman–Crippen MR) is 49.0 cm³/mol. The van der Waals surface area contributed by atoms with Gasteiger partial charge in [0.05, 0.1) is 7.11 Å². The van der Waals surface area contributed by atoms with Crippen molar-refractivity contribution < 1.29 is 4.74 Å². The summed E-state index contributed by atoms with van der Waals surface area (Å²) in [4.78, 5) is 0. The maximum absolute atomic E-state index is 4.97. The molecule has 1 heteroatoms. The Labute approximate surface area is 68.3 Å². The van der Waals surface area contributed by atoms with Crippen molar-refractivity contribution in [1.29, 1.82) is 0 Å². The highest BCUT2D eigenvalue weighted by Crippen LogP contribution is 2.09. The molecule has 0 aromatic heterocycles. The molecule has 0 amide bonds. The van der Waals surface area contributed by atoms with Crippen LogP contribution < -0.4 is 4.74 Å². The summed E-state index contributed by atoms with van der Waals surface area (Å²) in [6.45, 7) is 8.06. The lowest BCUT2D eigenvalue weighted by atomic mass is 10.2. The fraction of sp³-hybridized carbons (Fsp3) is 0.200. The normalized spacial score (nSPS) is 7.82. The molecule has 0 aliphatic carbocycles. The summed E-state index contributed by atoms with van der Waals surface area (Å²) in [7, 11) is 1.67. The van der Waals surface area contributed by atoms with E-state index in [0.717, 1.165) is 5.75 Å². The SMILES string of the molecule is C=C.COc1ccc(C)cc1. The Morgan fingerprint density at radius 2 is 1.55 bits per heavy atom. The van der Waals surface area contributed by atoms with Crippen LogP contribution in [0.2, 0.25) is 0 Å². The third kappa shape index (κ3) is 3.46. The first-order chi connectivity index (χ1) is 5.33. The third-order valence-corrected chi connectivity index (χ3v) is 1.26. The van der Waals surface area contributed by atoms with Crippen molar-refractivity contribution in [2.45, 2.75) is 6.92 Å². The number of methoxy groups -OCH3 is 1. The Morgan fingerprint density at radius 3 is 1.91 bits per heavy atom. The molecule has 0 atom stereocenters. The standard InChI is InChI=1S/C8H10O.C2H4/c1-7-3-5-8(9-2)6-4-7;1-2/h3-6H,1-2H3;1-2H2. The molecule has 0 spiro atoms. The van der Waals surface area contributed by atoms with Gasteiger partial charge in [0.25, 0.3) is 0 Å². The third-order valence-electron chi connectivity index (χ3n) is 1.26. The quantitative estimate of drug-likeness (QED) is 0.559. The largest absolute Gasteiger partial charge is 0.497 e. The first-order valence-corrected chi connectivity index (χ1v) is 3.43. The van der Waals surface area contributed by atoms with Crippen molar-refractivity contribution in [3.05, 3.63) is 43.0 Å². The molecule has 11 heavy (non-hydrogen) atoms. The lowest BCUT2D eigenvalue weighted by Crippen LogP contribution is -1.80. The van der Waals surface area contributed by atoms with Crippen LogP contribution in [0.15, 0.2) is 37.4 Å². The average Bonchev–Trinajstić information content (AvgIpc) is 2.10. The second-order valence-corrected chi connectivity index (χ2v) is 2.02. The monoisotopic (exact) mass is 150 g/mol. The Bertz CT molecular complexity index is 189. The van der Waals surface area contributed by atoms with Crippen LogP contribution in [0, 0.1) is 6.92 Å². The molecule has 0 heterocycles. The smallest absolute Gasteiger partial charge is 0.118 e. The fourth-order valence-electron chi connectivity index (χ4n) is 0.674. The van der Waals surface area contributed by atoms with E-state index in [-0.39, 0.29) is 0 Å². The van der Waals surface area contributed by atoms with Gasteiger partial charge in [-0.25, -0.2) is 0 Å². The summed E-state index contributed by atoms with van der Waals surface area (Å²) >= 11 is 0. The van der Waals surface area contributed by atoms with Crippen LogP contribution in [-0.4, -0.2) is 7.11 Å². The van der Waals surface area contributed by atoms with Gasteiger partial charge in [0, 0.05) is 0 Å². The highest BCUT2D eigenvalue weighted by atomic mass is 16.5. The van der Waals surface area contributed by atoms with Crippen LogP contribution in [0.5, 0.6) is 5.75 Å². The maximum atomic E-state index is 4.97. The highest BCUT2D eigenvalue weighted by molar-refractivity contribution is 5.25. The van der Waals surface area contributed by atoms with E-state index in [0.29, 0.717) is 0 Å². The summed E-state index contributed by atoms with van der Waals surface area (Å²) < 4.78 is 4.97. The van der Waals surface area contributed by atoms with Gasteiger partial charge < -0.3 is 4.74 Å². The van der Waals surface area contributed by atoms with E-state index in [1.165, 1.54) is 5.56 Å². The Hall–Kier alpha value is -1.24. The fourth-order valence-corrected chi connectivity index (χ4v) is 0.674. The molecule has 0 saturated carbocycles. The zero-order valence-electron chi connectivity index (χ0n) is 7.13. The van der Waals surface area contributed by atoms with Crippen molar-refractivity contribution in [2.24, 2.45) is 0 Å². The van der Waals surface area contributed by atoms with Crippen molar-refractivity contribution in [3.8, 4) is 5.75 Å². The Balaban J connectivity index is 0.000000461. The summed E-state index contributed by atoms with van der Waals surface area (Å²) in [5.74, 6) is 0.917. The lowest BCUT2D eigenvalue weighted by Gasteiger charge is -1.97. The number of benzene rings is 1. The van der Waals surface area contributed by atoms with Gasteiger partial charge in [0.15, 0.2) is 0 Å². The molecule has 0 fully saturated rings. The molecule has 0 aliphatic heterocycles. The van der Waals surface area contributed by atoms with Gasteiger partial charge in [0.2, 0.25) is 0 Å². The minimum absolute atomic E-state index is 0.917. The van der Waals surface area contributed by atoms with E-state index < -0.39 is 0 Å². The summed E-state index contributed by atoms with van der Waals surface area (Å²) in [5.41, 5.74) is 1.26. The van der Waals surface area contributed by atoms with Crippen LogP contribution >= 0.6 is 0 Å². The molecule has 1 rings (SSSR count). The van der Waals surface area contributed by atoms with Gasteiger partial charge in [-0.05, 0) is 19.1 Å². The topological polar surface area (TPSA) is 9.23 Å². The summed E-state index contributed by atoms with van der Waals surface area (Å²) in [6.07, 6.45) is 0. The number of hydrogen-bond donors (Lipinski definition) is 0. The number of rotatable bonds is 1. The van der Waals surface area contributed by atoms with Crippen LogP contribution in [0.25, 0.3) is 0 Å². The second kappa shape index (κ2) is 5.54. The van der Waals surface area contributed by atoms with Crippen molar-refractivity contribution in [1.82, 2.24) is 0 Å². The van der Waals surface area contributed by atoms with Gasteiger partial charge in [-0.15, -0.1) is 13.2 Å². The minimum atomic E-state index is 0.917. The Morgan fingerprint density at radius 1 is 1.09 bits per heavy atom. The molecular formula is C10H14O. The molecule has 0 aliphatic rings. The zero-order chi connectivity index (χ0) is 8.69. The predicted octanol–water partition coefficient (Wildman–Crippen LogP) is 2.81. The van der Waals surface area contributed by atoms with E-state index in [1.54, 1.807) is 7.11 Å². The van der Waals surface area contributed by atoms with E-state index in [1.807, 2.05) is 24.3 Å². The van der Waals surface area contributed by atoms with Crippen molar-refractivity contribution >= 4 is 0 Å². The number of hydrogen-bond acceptors (Lipinski definition) is 1. The molecule has 60 valence electrons. The minimum Gasteiger partial charge on any atom is -0.497 e. The van der Waals surface area contributed by atoms with E-state index in [4.69, 9.17) is 4.74 Å². The molecule has 0 radical (unpaired) electrons. The van der Waals surface area contributed by atoms with Gasteiger partial charge >= 0.3 is 0 Å². The first kappa shape index (κ1) is 9.76. The molecule has 0 saturated heterocycles.